The Bertz CT molecular complexity index is 1700. The SMILES string of the molecule is COc1ccc2c(c1)[C@@]1(O[C@H](CCO)[C@@H]([Si](C)(C)F)[C@@H]1C)C(=O)N2Cc1ccc(NC(=O)Cc2c[nH]c3ccccc23)cc1. The molecule has 1 saturated heterocycles. The number of H-pyrrole nitrogens is 1. The number of halogens is 1. The van der Waals surface area contributed by atoms with Crippen molar-refractivity contribution >= 4 is 42.5 Å². The topological polar surface area (TPSA) is 104 Å². The van der Waals surface area contributed by atoms with Crippen LogP contribution in [0.5, 0.6) is 5.75 Å². The molecule has 0 saturated carbocycles. The Morgan fingerprint density at radius 1 is 1.16 bits per heavy atom. The number of hydrogen-bond acceptors (Lipinski definition) is 5. The number of carbonyl (C=O) groups excluding carboxylic acids is 2. The summed E-state index contributed by atoms with van der Waals surface area (Å²) in [5.41, 5.74) is 2.96. The Balaban J connectivity index is 1.24. The molecule has 1 spiro atoms. The number of amides is 2. The normalized spacial score (nSPS) is 23.0. The summed E-state index contributed by atoms with van der Waals surface area (Å²) in [5, 5.41) is 13.8. The number of hydrogen-bond donors (Lipinski definition) is 3. The third kappa shape index (κ3) is 5.10. The van der Waals surface area contributed by atoms with Gasteiger partial charge in [-0.2, -0.15) is 0 Å². The molecule has 230 valence electrons. The van der Waals surface area contributed by atoms with Gasteiger partial charge in [0, 0.05) is 46.4 Å². The maximum atomic E-state index is 15.7. The summed E-state index contributed by atoms with van der Waals surface area (Å²) in [7, 11) is -1.71. The largest absolute Gasteiger partial charge is 0.497 e. The van der Waals surface area contributed by atoms with Gasteiger partial charge >= 0.3 is 0 Å². The van der Waals surface area contributed by atoms with E-state index in [4.69, 9.17) is 9.47 Å². The Hall–Kier alpha value is -3.99. The average molecular weight is 616 g/mol. The number of rotatable bonds is 9. The molecule has 3 heterocycles. The van der Waals surface area contributed by atoms with E-state index in [9.17, 15) is 14.7 Å². The van der Waals surface area contributed by atoms with Crippen LogP contribution in [0.25, 0.3) is 10.9 Å². The molecule has 10 heteroatoms. The summed E-state index contributed by atoms with van der Waals surface area (Å²) in [6.07, 6.45) is 1.79. The number of anilines is 2. The predicted molar refractivity (Wildman–Crippen MR) is 171 cm³/mol. The fraction of sp³-hybridized carbons (Fsp3) is 0.353. The van der Waals surface area contributed by atoms with E-state index >= 15 is 4.11 Å². The summed E-state index contributed by atoms with van der Waals surface area (Å²) in [4.78, 5) is 32.1. The highest BCUT2D eigenvalue weighted by Crippen LogP contribution is 2.60. The van der Waals surface area contributed by atoms with Crippen molar-refractivity contribution in [3.63, 3.8) is 0 Å². The van der Waals surface area contributed by atoms with E-state index < -0.39 is 31.6 Å². The van der Waals surface area contributed by atoms with Gasteiger partial charge < -0.3 is 33.9 Å². The quantitative estimate of drug-likeness (QED) is 0.157. The molecule has 0 bridgehead atoms. The van der Waals surface area contributed by atoms with E-state index in [1.807, 2.05) is 73.8 Å². The molecule has 2 aliphatic heterocycles. The molecular weight excluding hydrogens is 577 g/mol. The molecule has 1 fully saturated rings. The maximum Gasteiger partial charge on any atom is 0.264 e. The number of para-hydroxylation sites is 1. The van der Waals surface area contributed by atoms with Gasteiger partial charge in [-0.15, -0.1) is 0 Å². The monoisotopic (exact) mass is 615 g/mol. The summed E-state index contributed by atoms with van der Waals surface area (Å²) in [6, 6.07) is 20.8. The second-order valence-electron chi connectivity index (χ2n) is 12.3. The van der Waals surface area contributed by atoms with Crippen LogP contribution in [0.4, 0.5) is 15.5 Å². The molecular formula is C34H38FN3O5Si. The highest BCUT2D eigenvalue weighted by atomic mass is 28.4. The van der Waals surface area contributed by atoms with Crippen LogP contribution >= 0.6 is 0 Å². The highest BCUT2D eigenvalue weighted by molar-refractivity contribution is 6.72. The number of aromatic nitrogens is 1. The van der Waals surface area contributed by atoms with Crippen LogP contribution in [0.15, 0.2) is 72.9 Å². The first kappa shape index (κ1) is 30.1. The molecule has 0 unspecified atom stereocenters. The number of nitrogens with zero attached hydrogens (tertiary/aromatic N) is 1. The Morgan fingerprint density at radius 2 is 1.91 bits per heavy atom. The van der Waals surface area contributed by atoms with Gasteiger partial charge in [0.05, 0.1) is 31.9 Å². The first-order chi connectivity index (χ1) is 21.1. The zero-order valence-corrected chi connectivity index (χ0v) is 26.4. The number of methoxy groups -OCH3 is 1. The van der Waals surface area contributed by atoms with Crippen LogP contribution < -0.4 is 15.0 Å². The van der Waals surface area contributed by atoms with Crippen LogP contribution in [0.2, 0.25) is 18.6 Å². The standard InChI is InChI=1S/C34H38FN3O5Si/c1-21-32(44(3,4)35)30(15-16-39)43-34(21)27-18-25(42-2)13-14-29(27)38(33(34)41)20-22-9-11-24(12-10-22)37-31(40)17-23-19-36-28-8-6-5-7-26(23)28/h5-14,18-19,21,30,32,36,39H,15-17,20H2,1-4H3,(H,37,40)/t21-,30+,32-,34+/m0/s1. The summed E-state index contributed by atoms with van der Waals surface area (Å²) >= 11 is 0. The highest BCUT2D eigenvalue weighted by Gasteiger charge is 2.66. The van der Waals surface area contributed by atoms with Crippen molar-refractivity contribution in [2.75, 3.05) is 23.9 Å². The average Bonchev–Trinajstić information content (AvgIpc) is 3.61. The molecule has 44 heavy (non-hydrogen) atoms. The van der Waals surface area contributed by atoms with Crippen LogP contribution in [-0.4, -0.2) is 50.1 Å². The van der Waals surface area contributed by atoms with Crippen molar-refractivity contribution in [3.8, 4) is 5.75 Å². The lowest BCUT2D eigenvalue weighted by Crippen LogP contribution is -2.45. The molecule has 4 aromatic rings. The second-order valence-corrected chi connectivity index (χ2v) is 16.1. The van der Waals surface area contributed by atoms with Gasteiger partial charge in [0.1, 0.15) is 5.75 Å². The zero-order valence-electron chi connectivity index (χ0n) is 25.4. The lowest BCUT2D eigenvalue weighted by Gasteiger charge is -2.31. The van der Waals surface area contributed by atoms with Gasteiger partial charge in [-0.3, -0.25) is 9.59 Å². The van der Waals surface area contributed by atoms with E-state index in [0.29, 0.717) is 22.7 Å². The third-order valence-corrected chi connectivity index (χ3v) is 11.6. The number of aliphatic hydroxyl groups excluding tert-OH is 1. The molecule has 6 rings (SSSR count). The first-order valence-corrected chi connectivity index (χ1v) is 17.9. The van der Waals surface area contributed by atoms with E-state index in [1.165, 1.54) is 0 Å². The van der Waals surface area contributed by atoms with Gasteiger partial charge in [-0.1, -0.05) is 37.3 Å². The molecule has 0 radical (unpaired) electrons. The fourth-order valence-electron chi connectivity index (χ4n) is 7.24. The molecule has 1 aromatic heterocycles. The van der Waals surface area contributed by atoms with Crippen molar-refractivity contribution in [1.29, 1.82) is 0 Å². The first-order valence-electron chi connectivity index (χ1n) is 15.0. The van der Waals surface area contributed by atoms with Gasteiger partial charge in [0.25, 0.3) is 5.91 Å². The number of fused-ring (bicyclic) bond motifs is 3. The minimum Gasteiger partial charge on any atom is -0.497 e. The molecule has 0 aliphatic carbocycles. The van der Waals surface area contributed by atoms with Crippen LogP contribution in [0, 0.1) is 5.92 Å². The van der Waals surface area contributed by atoms with Gasteiger partial charge in [-0.25, -0.2) is 0 Å². The lowest BCUT2D eigenvalue weighted by atomic mass is 9.82. The van der Waals surface area contributed by atoms with Crippen LogP contribution in [0.3, 0.4) is 0 Å². The second kappa shape index (κ2) is 11.5. The zero-order chi connectivity index (χ0) is 31.2. The fourth-order valence-corrected chi connectivity index (χ4v) is 9.78. The summed E-state index contributed by atoms with van der Waals surface area (Å²) in [6.45, 7) is 5.30. The van der Waals surface area contributed by atoms with E-state index in [-0.39, 0.29) is 37.8 Å². The van der Waals surface area contributed by atoms with Crippen molar-refractivity contribution < 1.29 is 28.3 Å². The van der Waals surface area contributed by atoms with Crippen LogP contribution in [-0.2, 0) is 32.9 Å². The van der Waals surface area contributed by atoms with Crippen molar-refractivity contribution in [2.24, 2.45) is 5.92 Å². The molecule has 8 nitrogen and oxygen atoms in total. The minimum atomic E-state index is -3.28. The summed E-state index contributed by atoms with van der Waals surface area (Å²) in [5.74, 6) is -0.224. The van der Waals surface area contributed by atoms with Crippen molar-refractivity contribution in [2.45, 2.75) is 56.7 Å². The van der Waals surface area contributed by atoms with E-state index in [1.54, 1.807) is 31.2 Å². The van der Waals surface area contributed by atoms with E-state index in [2.05, 4.69) is 10.3 Å². The number of benzene rings is 3. The third-order valence-electron chi connectivity index (χ3n) is 9.19. The number of ether oxygens (including phenoxy) is 2. The maximum absolute atomic E-state index is 15.7. The number of carbonyl (C=O) groups is 2. The van der Waals surface area contributed by atoms with E-state index in [0.717, 1.165) is 22.0 Å². The minimum absolute atomic E-state index is 0.124. The Labute approximate surface area is 257 Å². The smallest absolute Gasteiger partial charge is 0.264 e. The Kier molecular flexibility index (Phi) is 7.85. The van der Waals surface area contributed by atoms with Crippen molar-refractivity contribution in [1.82, 2.24) is 4.98 Å². The number of aliphatic hydroxyl groups is 1. The summed E-state index contributed by atoms with van der Waals surface area (Å²) < 4.78 is 27.8. The van der Waals surface area contributed by atoms with Gasteiger partial charge in [0.2, 0.25) is 14.3 Å². The molecule has 2 aliphatic rings. The number of aromatic amines is 1. The number of nitrogens with one attached hydrogen (secondary N) is 2. The molecule has 4 atom stereocenters. The lowest BCUT2D eigenvalue weighted by molar-refractivity contribution is -0.146. The van der Waals surface area contributed by atoms with Gasteiger partial charge in [-0.05, 0) is 67.0 Å². The predicted octanol–water partition coefficient (Wildman–Crippen LogP) is 6.06. The van der Waals surface area contributed by atoms with Crippen LogP contribution in [0.1, 0.15) is 30.0 Å². The molecule has 3 N–H and O–H groups in total. The van der Waals surface area contributed by atoms with Crippen molar-refractivity contribution in [3.05, 3.63) is 89.6 Å². The van der Waals surface area contributed by atoms with Gasteiger partial charge in [0.15, 0.2) is 5.60 Å². The Morgan fingerprint density at radius 3 is 2.61 bits per heavy atom. The molecule has 2 amide bonds. The molecule has 3 aromatic carbocycles.